The second kappa shape index (κ2) is 8.32. The van der Waals surface area contributed by atoms with Gasteiger partial charge in [0.2, 0.25) is 0 Å². The van der Waals surface area contributed by atoms with Gasteiger partial charge in [-0.15, -0.1) is 0 Å². The molecule has 0 aliphatic heterocycles. The molecule has 0 radical (unpaired) electrons. The molecule has 2 heteroatoms. The van der Waals surface area contributed by atoms with Crippen LogP contribution in [0.1, 0.15) is 64.6 Å². The van der Waals surface area contributed by atoms with Crippen LogP contribution in [0.25, 0.3) is 0 Å². The van der Waals surface area contributed by atoms with Crippen molar-refractivity contribution in [2.24, 2.45) is 7.05 Å². The van der Waals surface area contributed by atoms with E-state index < -0.39 is 0 Å². The van der Waals surface area contributed by atoms with Crippen molar-refractivity contribution in [1.82, 2.24) is 4.57 Å². The zero-order valence-electron chi connectivity index (χ0n) is 11.9. The second-order valence-electron chi connectivity index (χ2n) is 5.04. The molecule has 1 heterocycles. The van der Waals surface area contributed by atoms with Crippen LogP contribution in [0.3, 0.4) is 0 Å². The van der Waals surface area contributed by atoms with Crippen LogP contribution in [-0.4, -0.2) is 4.57 Å². The van der Waals surface area contributed by atoms with Crippen LogP contribution in [0, 0.1) is 0 Å². The molecule has 1 aromatic heterocycles. The molecule has 0 bridgehead atoms. The summed E-state index contributed by atoms with van der Waals surface area (Å²) in [6.45, 7) is 5.73. The van der Waals surface area contributed by atoms with Crippen LogP contribution in [0.4, 0.5) is 0 Å². The lowest BCUT2D eigenvalue weighted by molar-refractivity contribution is -0.678. The molecule has 0 spiro atoms. The Hall–Kier alpha value is -0.790. The van der Waals surface area contributed by atoms with Gasteiger partial charge >= 0.3 is 0 Å². The number of nitrogens with zero attached hydrogens (tertiary/aromatic N) is 2. The van der Waals surface area contributed by atoms with E-state index in [1.165, 1.54) is 63.7 Å². The Morgan fingerprint density at radius 1 is 1.00 bits per heavy atom. The minimum Gasteiger partial charge on any atom is -0.237 e. The van der Waals surface area contributed by atoms with E-state index in [2.05, 4.69) is 42.4 Å². The molecule has 0 N–H and O–H groups in total. The van der Waals surface area contributed by atoms with E-state index in [4.69, 9.17) is 0 Å². The summed E-state index contributed by atoms with van der Waals surface area (Å²) in [5.41, 5.74) is 0. The first kappa shape index (κ1) is 14.3. The summed E-state index contributed by atoms with van der Waals surface area (Å²) in [4.78, 5) is 0. The van der Waals surface area contributed by atoms with Gasteiger partial charge in [0.25, 0.3) is 5.82 Å². The van der Waals surface area contributed by atoms with Gasteiger partial charge in [-0.05, 0) is 19.3 Å². The van der Waals surface area contributed by atoms with Crippen molar-refractivity contribution in [2.75, 3.05) is 0 Å². The molecule has 1 aromatic rings. The van der Waals surface area contributed by atoms with E-state index in [-0.39, 0.29) is 0 Å². The molecule has 0 saturated heterocycles. The summed E-state index contributed by atoms with van der Waals surface area (Å²) in [6, 6.07) is 0. The molecule has 0 aromatic carbocycles. The molecule has 2 nitrogen and oxygen atoms in total. The van der Waals surface area contributed by atoms with Crippen molar-refractivity contribution in [3.63, 3.8) is 0 Å². The molecule has 1 rings (SSSR count). The van der Waals surface area contributed by atoms with E-state index in [1.54, 1.807) is 0 Å². The first-order valence-electron chi connectivity index (χ1n) is 7.33. The fourth-order valence-electron chi connectivity index (χ4n) is 2.32. The maximum absolute atomic E-state index is 2.45. The second-order valence-corrected chi connectivity index (χ2v) is 5.04. The third-order valence-corrected chi connectivity index (χ3v) is 3.47. The van der Waals surface area contributed by atoms with Gasteiger partial charge in [0, 0.05) is 6.42 Å². The van der Waals surface area contributed by atoms with Crippen LogP contribution in [0.15, 0.2) is 12.4 Å². The molecule has 0 amide bonds. The Balaban J connectivity index is 2.41. The molecule has 17 heavy (non-hydrogen) atoms. The van der Waals surface area contributed by atoms with Gasteiger partial charge in [-0.3, -0.25) is 0 Å². The molecular formula is C15H29N2+. The molecular weight excluding hydrogens is 208 g/mol. The minimum absolute atomic E-state index is 1.20. The zero-order chi connectivity index (χ0) is 12.5. The van der Waals surface area contributed by atoms with Crippen LogP contribution in [0.2, 0.25) is 0 Å². The van der Waals surface area contributed by atoms with Crippen molar-refractivity contribution in [3.05, 3.63) is 18.2 Å². The third kappa shape index (κ3) is 4.93. The lowest BCUT2D eigenvalue weighted by Crippen LogP contribution is -2.32. The highest BCUT2D eigenvalue weighted by Crippen LogP contribution is 2.07. The van der Waals surface area contributed by atoms with Crippen LogP contribution >= 0.6 is 0 Å². The van der Waals surface area contributed by atoms with Crippen molar-refractivity contribution in [3.8, 4) is 0 Å². The first-order valence-corrected chi connectivity index (χ1v) is 7.33. The number of aromatic nitrogens is 2. The molecule has 0 saturated carbocycles. The number of hydrogen-bond acceptors (Lipinski definition) is 0. The Kier molecular flexibility index (Phi) is 6.99. The fraction of sp³-hybridized carbons (Fsp3) is 0.800. The van der Waals surface area contributed by atoms with Gasteiger partial charge in [-0.25, -0.2) is 9.13 Å². The van der Waals surface area contributed by atoms with Gasteiger partial charge in [-0.1, -0.05) is 39.5 Å². The summed E-state index contributed by atoms with van der Waals surface area (Å²) in [5, 5.41) is 0. The Morgan fingerprint density at radius 3 is 2.41 bits per heavy atom. The lowest BCUT2D eigenvalue weighted by atomic mass is 10.2. The normalized spacial score (nSPS) is 11.0. The minimum atomic E-state index is 1.20. The van der Waals surface area contributed by atoms with Gasteiger partial charge < -0.3 is 0 Å². The smallest absolute Gasteiger partial charge is 0.237 e. The number of rotatable bonds is 9. The Labute approximate surface area is 107 Å². The van der Waals surface area contributed by atoms with Crippen LogP contribution in [0.5, 0.6) is 0 Å². The summed E-state index contributed by atoms with van der Waals surface area (Å²) < 4.78 is 4.74. The molecule has 0 aliphatic rings. The number of unbranched alkanes of at least 4 members (excludes halogenated alkanes) is 5. The molecule has 0 atom stereocenters. The van der Waals surface area contributed by atoms with Crippen LogP contribution < -0.4 is 4.57 Å². The highest BCUT2D eigenvalue weighted by Gasteiger charge is 2.13. The summed E-state index contributed by atoms with van der Waals surface area (Å²) >= 11 is 0. The van der Waals surface area contributed by atoms with E-state index >= 15 is 0 Å². The summed E-state index contributed by atoms with van der Waals surface area (Å²) in [6.07, 6.45) is 15.0. The summed E-state index contributed by atoms with van der Waals surface area (Å²) in [5.74, 6) is 1.50. The Bertz CT molecular complexity index is 302. The largest absolute Gasteiger partial charge is 0.256 e. The van der Waals surface area contributed by atoms with Gasteiger partial charge in [0.05, 0.1) is 13.6 Å². The van der Waals surface area contributed by atoms with Crippen molar-refractivity contribution in [2.45, 2.75) is 71.8 Å². The van der Waals surface area contributed by atoms with E-state index in [1.807, 2.05) is 0 Å². The number of hydrogen-bond donors (Lipinski definition) is 0. The number of aryl methyl sites for hydroxylation is 2. The van der Waals surface area contributed by atoms with Gasteiger partial charge in [-0.2, -0.15) is 0 Å². The predicted octanol–water partition coefficient (Wildman–Crippen LogP) is 3.63. The maximum atomic E-state index is 2.45. The standard InChI is InChI=1S/C15H29N2/c1-4-6-8-10-12-17-14-13-16(3)15(17)11-9-7-5-2/h13-14H,4-12H2,1-3H3/q+1. The maximum Gasteiger partial charge on any atom is 0.256 e. The number of imidazole rings is 1. The monoisotopic (exact) mass is 237 g/mol. The fourth-order valence-corrected chi connectivity index (χ4v) is 2.32. The highest BCUT2D eigenvalue weighted by atomic mass is 15.1. The highest BCUT2D eigenvalue weighted by molar-refractivity contribution is 4.84. The topological polar surface area (TPSA) is 8.81 Å². The quantitative estimate of drug-likeness (QED) is 0.458. The van der Waals surface area contributed by atoms with Gasteiger partial charge in [0.15, 0.2) is 0 Å². The molecule has 0 unspecified atom stereocenters. The summed E-state index contributed by atoms with van der Waals surface area (Å²) in [7, 11) is 2.17. The zero-order valence-corrected chi connectivity index (χ0v) is 11.9. The average Bonchev–Trinajstić information content (AvgIpc) is 2.67. The van der Waals surface area contributed by atoms with Crippen molar-refractivity contribution < 1.29 is 4.57 Å². The van der Waals surface area contributed by atoms with E-state index in [0.717, 1.165) is 0 Å². The predicted molar refractivity (Wildman–Crippen MR) is 73.0 cm³/mol. The average molecular weight is 237 g/mol. The Morgan fingerprint density at radius 2 is 1.71 bits per heavy atom. The SMILES string of the molecule is CCCCCCn1cc[n+](C)c1CCCCC. The van der Waals surface area contributed by atoms with Gasteiger partial charge in [0.1, 0.15) is 12.4 Å². The van der Waals surface area contributed by atoms with E-state index in [0.29, 0.717) is 0 Å². The lowest BCUT2D eigenvalue weighted by Gasteiger charge is -2.03. The molecule has 0 aliphatic carbocycles. The van der Waals surface area contributed by atoms with E-state index in [9.17, 15) is 0 Å². The molecule has 98 valence electrons. The first-order chi connectivity index (χ1) is 8.29. The third-order valence-electron chi connectivity index (χ3n) is 3.47. The van der Waals surface area contributed by atoms with Crippen molar-refractivity contribution >= 4 is 0 Å². The van der Waals surface area contributed by atoms with Crippen LogP contribution in [-0.2, 0) is 20.0 Å². The van der Waals surface area contributed by atoms with Crippen molar-refractivity contribution in [1.29, 1.82) is 0 Å². The molecule has 0 fully saturated rings.